The molecule has 3 amide bonds. The number of ether oxygens (including phenoxy) is 4. The van der Waals surface area contributed by atoms with Gasteiger partial charge < -0.3 is 34.5 Å². The number of rotatable bonds is 27. The van der Waals surface area contributed by atoms with Gasteiger partial charge in [0.2, 0.25) is 17.7 Å². The van der Waals surface area contributed by atoms with Crippen LogP contribution in [0.4, 0.5) is 0 Å². The first-order chi connectivity index (χ1) is 21.5. The Labute approximate surface area is 272 Å². The average Bonchev–Trinajstić information content (AvgIpc) is 3.38. The molecule has 2 N–H and O–H groups in total. The summed E-state index contributed by atoms with van der Waals surface area (Å²) in [6, 6.07) is 0.0592. The highest BCUT2D eigenvalue weighted by Gasteiger charge is 2.36. The van der Waals surface area contributed by atoms with Crippen LogP contribution in [0.5, 0.6) is 0 Å². The van der Waals surface area contributed by atoms with Crippen molar-refractivity contribution in [3.05, 3.63) is 0 Å². The van der Waals surface area contributed by atoms with E-state index in [2.05, 4.69) is 10.6 Å². The van der Waals surface area contributed by atoms with E-state index in [1.165, 1.54) is 0 Å². The minimum atomic E-state index is -0.143. The van der Waals surface area contributed by atoms with Gasteiger partial charge in [-0.15, -0.1) is 0 Å². The van der Waals surface area contributed by atoms with Crippen LogP contribution in [0.15, 0.2) is 0 Å². The molecule has 0 aromatic heterocycles. The zero-order valence-corrected chi connectivity index (χ0v) is 29.0. The van der Waals surface area contributed by atoms with Crippen molar-refractivity contribution in [2.75, 3.05) is 52.7 Å². The molecular formula is C34H63N3O8. The molecule has 2 atom stereocenters. The van der Waals surface area contributed by atoms with Crippen LogP contribution in [-0.4, -0.2) is 105 Å². The van der Waals surface area contributed by atoms with Crippen molar-refractivity contribution in [2.24, 2.45) is 5.92 Å². The average molecular weight is 642 g/mol. The molecule has 45 heavy (non-hydrogen) atoms. The van der Waals surface area contributed by atoms with Gasteiger partial charge in [-0.2, -0.15) is 0 Å². The Morgan fingerprint density at radius 1 is 0.711 bits per heavy atom. The lowest BCUT2D eigenvalue weighted by Crippen LogP contribution is -2.39. The minimum absolute atomic E-state index is 0.0129. The highest BCUT2D eigenvalue weighted by atomic mass is 16.5. The third kappa shape index (κ3) is 21.4. The molecule has 11 nitrogen and oxygen atoms in total. The third-order valence-corrected chi connectivity index (χ3v) is 7.49. The quantitative estimate of drug-likeness (QED) is 0.128. The summed E-state index contributed by atoms with van der Waals surface area (Å²) in [4.78, 5) is 50.3. The van der Waals surface area contributed by atoms with E-state index in [-0.39, 0.29) is 60.4 Å². The molecule has 1 saturated heterocycles. The van der Waals surface area contributed by atoms with Crippen LogP contribution in [0.3, 0.4) is 0 Å². The van der Waals surface area contributed by atoms with Crippen molar-refractivity contribution in [3.63, 3.8) is 0 Å². The molecule has 0 aliphatic carbocycles. The smallest absolute Gasteiger partial charge is 0.245 e. The number of unbranched alkanes of at least 4 members (excludes halogenated alkanes) is 3. The molecule has 0 unspecified atom stereocenters. The van der Waals surface area contributed by atoms with Gasteiger partial charge in [-0.05, 0) is 72.6 Å². The van der Waals surface area contributed by atoms with Gasteiger partial charge in [-0.25, -0.2) is 0 Å². The molecule has 1 heterocycles. The lowest BCUT2D eigenvalue weighted by Gasteiger charge is -2.25. The maximum Gasteiger partial charge on any atom is 0.245 e. The van der Waals surface area contributed by atoms with Crippen molar-refractivity contribution < 1.29 is 38.1 Å². The van der Waals surface area contributed by atoms with Crippen LogP contribution in [0.1, 0.15) is 112 Å². The monoisotopic (exact) mass is 641 g/mol. The van der Waals surface area contributed by atoms with E-state index in [4.69, 9.17) is 18.9 Å². The molecular weight excluding hydrogens is 578 g/mol. The molecule has 262 valence electrons. The van der Waals surface area contributed by atoms with E-state index >= 15 is 0 Å². The second-order valence-corrected chi connectivity index (χ2v) is 12.8. The van der Waals surface area contributed by atoms with Gasteiger partial charge in [0, 0.05) is 64.6 Å². The molecule has 1 aliphatic heterocycles. The zero-order valence-electron chi connectivity index (χ0n) is 29.0. The number of hydrogen-bond acceptors (Lipinski definition) is 8. The summed E-state index contributed by atoms with van der Waals surface area (Å²) < 4.78 is 22.8. The number of carbonyl (C=O) groups excluding carboxylic acids is 4. The predicted molar refractivity (Wildman–Crippen MR) is 175 cm³/mol. The highest BCUT2D eigenvalue weighted by molar-refractivity contribution is 5.80. The van der Waals surface area contributed by atoms with Crippen LogP contribution < -0.4 is 10.6 Å². The van der Waals surface area contributed by atoms with Gasteiger partial charge in [-0.3, -0.25) is 19.2 Å². The van der Waals surface area contributed by atoms with E-state index < -0.39 is 0 Å². The Balaban J connectivity index is 1.98. The van der Waals surface area contributed by atoms with Gasteiger partial charge in [0.15, 0.2) is 0 Å². The van der Waals surface area contributed by atoms with E-state index in [1.807, 2.05) is 46.4 Å². The summed E-state index contributed by atoms with van der Waals surface area (Å²) in [6.07, 6.45) is 7.96. The van der Waals surface area contributed by atoms with Crippen LogP contribution in [0, 0.1) is 5.92 Å². The van der Waals surface area contributed by atoms with Crippen molar-refractivity contribution >= 4 is 23.5 Å². The summed E-state index contributed by atoms with van der Waals surface area (Å²) in [5.74, 6) is 0.329. The molecule has 0 aromatic rings. The first-order valence-electron chi connectivity index (χ1n) is 17.3. The summed E-state index contributed by atoms with van der Waals surface area (Å²) in [5.41, 5.74) is 0. The Hall–Kier alpha value is -2.08. The highest BCUT2D eigenvalue weighted by Crippen LogP contribution is 2.24. The normalized spacial score (nSPS) is 16.6. The second kappa shape index (κ2) is 25.1. The lowest BCUT2D eigenvalue weighted by molar-refractivity contribution is -0.134. The van der Waals surface area contributed by atoms with Crippen LogP contribution >= 0.6 is 0 Å². The Morgan fingerprint density at radius 3 is 2.07 bits per heavy atom. The molecule has 1 fully saturated rings. The van der Waals surface area contributed by atoms with Crippen molar-refractivity contribution in [1.82, 2.24) is 15.5 Å². The number of Topliss-reactive ketones (excluding diaryl/α,β-unsaturated/α-hetero) is 1. The molecule has 0 radical (unpaired) electrons. The molecule has 1 aliphatic rings. The number of ketones is 1. The number of hydrogen-bond donors (Lipinski definition) is 2. The summed E-state index contributed by atoms with van der Waals surface area (Å²) in [6.45, 7) is 15.7. The topological polar surface area (TPSA) is 132 Å². The molecule has 0 aromatic carbocycles. The second-order valence-electron chi connectivity index (χ2n) is 12.8. The number of likely N-dealkylation sites (tertiary alicyclic amines) is 1. The first kappa shape index (κ1) is 40.9. The molecule has 0 spiro atoms. The summed E-state index contributed by atoms with van der Waals surface area (Å²) in [5, 5.41) is 5.75. The maximum absolute atomic E-state index is 12.9. The first-order valence-corrected chi connectivity index (χ1v) is 17.3. The summed E-state index contributed by atoms with van der Waals surface area (Å²) >= 11 is 0. The van der Waals surface area contributed by atoms with E-state index in [0.29, 0.717) is 71.7 Å². The largest absolute Gasteiger partial charge is 0.381 e. The number of nitrogens with zero attached hydrogens (tertiary/aromatic N) is 1. The fourth-order valence-electron chi connectivity index (χ4n) is 5.02. The van der Waals surface area contributed by atoms with Crippen LogP contribution in [0.2, 0.25) is 0 Å². The van der Waals surface area contributed by atoms with Crippen molar-refractivity contribution in [2.45, 2.75) is 137 Å². The molecule has 11 heteroatoms. The Kier molecular flexibility index (Phi) is 22.8. The van der Waals surface area contributed by atoms with Gasteiger partial charge >= 0.3 is 0 Å². The maximum atomic E-state index is 12.9. The minimum Gasteiger partial charge on any atom is -0.381 e. The summed E-state index contributed by atoms with van der Waals surface area (Å²) in [7, 11) is 0. The van der Waals surface area contributed by atoms with E-state index in [0.717, 1.165) is 44.9 Å². The third-order valence-electron chi connectivity index (χ3n) is 7.49. The van der Waals surface area contributed by atoms with Gasteiger partial charge in [0.05, 0.1) is 31.0 Å². The van der Waals surface area contributed by atoms with Gasteiger partial charge in [-0.1, -0.05) is 20.3 Å². The Bertz CT molecular complexity index is 836. The fraction of sp³-hybridized carbons (Fsp3) is 0.882. The van der Waals surface area contributed by atoms with Crippen molar-refractivity contribution in [3.8, 4) is 0 Å². The number of amides is 3. The standard InChI is InChI=1S/C34H63N3O8/c1-26(2)31(38)14-9-10-15-32(39)35-18-12-19-42-20-13-21-43-25-33(40)36-17-11-7-8-16-34(41)37-23-30(45-28(5)6)22-29(37)24-44-27(3)4/h26-30H,7-25H2,1-6H3,(H,35,39)(H,36,40)/t29-,30+/m0/s1. The number of nitrogens with one attached hydrogen (secondary N) is 2. The molecule has 0 saturated carbocycles. The van der Waals surface area contributed by atoms with E-state index in [1.54, 1.807) is 0 Å². The number of carbonyl (C=O) groups is 4. The molecule has 0 bridgehead atoms. The zero-order chi connectivity index (χ0) is 33.5. The fourth-order valence-corrected chi connectivity index (χ4v) is 5.02. The van der Waals surface area contributed by atoms with Crippen molar-refractivity contribution in [1.29, 1.82) is 0 Å². The van der Waals surface area contributed by atoms with E-state index in [9.17, 15) is 19.2 Å². The van der Waals surface area contributed by atoms with Gasteiger partial charge in [0.1, 0.15) is 12.4 Å². The van der Waals surface area contributed by atoms with Crippen LogP contribution in [0.25, 0.3) is 0 Å². The van der Waals surface area contributed by atoms with Crippen LogP contribution in [-0.2, 0) is 38.1 Å². The SMILES string of the molecule is CC(C)OC[C@@H]1C[C@@H](OC(C)C)CN1C(=O)CCCCCNC(=O)COCCCOCCCNC(=O)CCCCC(=O)C(C)C. The van der Waals surface area contributed by atoms with Gasteiger partial charge in [0.25, 0.3) is 0 Å². The lowest BCUT2D eigenvalue weighted by atomic mass is 10.0. The predicted octanol–water partition coefficient (Wildman–Crippen LogP) is 4.20. The Morgan fingerprint density at radius 2 is 1.36 bits per heavy atom. The molecule has 1 rings (SSSR count).